The summed E-state index contributed by atoms with van der Waals surface area (Å²) in [5.41, 5.74) is 0.876. The maximum Gasteiger partial charge on any atom is 0.0658 e. The summed E-state index contributed by atoms with van der Waals surface area (Å²) in [6.07, 6.45) is 0. The molecule has 1 rings (SSSR count). The Labute approximate surface area is 93.7 Å². The van der Waals surface area contributed by atoms with E-state index in [1.54, 1.807) is 0 Å². The van der Waals surface area contributed by atoms with E-state index < -0.39 is 0 Å². The van der Waals surface area contributed by atoms with E-state index in [1.807, 2.05) is 45.2 Å². The molecule has 0 unspecified atom stereocenters. The molecule has 2 nitrogen and oxygen atoms in total. The zero-order valence-corrected chi connectivity index (χ0v) is 10.4. The van der Waals surface area contributed by atoms with E-state index in [2.05, 4.69) is 20.8 Å². The molecule has 3 heteroatoms. The average molecular weight is 258 g/mol. The number of aliphatic hydroxyl groups is 1. The third-order valence-electron chi connectivity index (χ3n) is 2.51. The minimum atomic E-state index is -0.228. The van der Waals surface area contributed by atoms with E-state index in [0.29, 0.717) is 0 Å². The van der Waals surface area contributed by atoms with Crippen LogP contribution >= 0.6 is 15.9 Å². The first-order valence-electron chi connectivity index (χ1n) is 4.57. The molecule has 0 saturated heterocycles. The van der Waals surface area contributed by atoms with E-state index >= 15 is 0 Å². The summed E-state index contributed by atoms with van der Waals surface area (Å²) in [4.78, 5) is 2.07. The Morgan fingerprint density at radius 1 is 1.29 bits per heavy atom. The fraction of sp³-hybridized carbons (Fsp3) is 0.455. The highest BCUT2D eigenvalue weighted by Crippen LogP contribution is 2.23. The van der Waals surface area contributed by atoms with Gasteiger partial charge >= 0.3 is 0 Å². The number of hydrogen-bond donors (Lipinski definition) is 1. The highest BCUT2D eigenvalue weighted by molar-refractivity contribution is 9.10. The van der Waals surface area contributed by atoms with Gasteiger partial charge in [0.15, 0.2) is 0 Å². The first-order chi connectivity index (χ1) is 6.47. The molecule has 0 saturated carbocycles. The van der Waals surface area contributed by atoms with Gasteiger partial charge in [-0.3, -0.25) is 0 Å². The molecule has 0 bridgehead atoms. The molecule has 1 N–H and O–H groups in total. The van der Waals surface area contributed by atoms with E-state index in [0.717, 1.165) is 10.2 Å². The van der Waals surface area contributed by atoms with Crippen LogP contribution in [0.3, 0.4) is 0 Å². The molecule has 0 amide bonds. The van der Waals surface area contributed by atoms with Crippen LogP contribution in [-0.2, 0) is 0 Å². The van der Waals surface area contributed by atoms with Crippen LogP contribution in [0.2, 0.25) is 0 Å². The summed E-state index contributed by atoms with van der Waals surface area (Å²) in [5, 5.41) is 9.23. The molecule has 1 aromatic rings. The van der Waals surface area contributed by atoms with Crippen molar-refractivity contribution in [3.05, 3.63) is 28.7 Å². The molecular formula is C11H16BrNO. The Morgan fingerprint density at radius 3 is 2.21 bits per heavy atom. The smallest absolute Gasteiger partial charge is 0.0658 e. The molecule has 0 aliphatic heterocycles. The van der Waals surface area contributed by atoms with Crippen molar-refractivity contribution >= 4 is 21.6 Å². The molecule has 0 aliphatic carbocycles. The van der Waals surface area contributed by atoms with Gasteiger partial charge in [-0.25, -0.2) is 0 Å². The average Bonchev–Trinajstić information content (AvgIpc) is 2.18. The highest BCUT2D eigenvalue weighted by Gasteiger charge is 2.22. The Bertz CT molecular complexity index is 295. The number of anilines is 1. The lowest BCUT2D eigenvalue weighted by molar-refractivity contribution is 0.216. The summed E-state index contributed by atoms with van der Waals surface area (Å²) in [7, 11) is 1.99. The van der Waals surface area contributed by atoms with Gasteiger partial charge in [0, 0.05) is 17.2 Å². The minimum Gasteiger partial charge on any atom is -0.394 e. The predicted octanol–water partition coefficient (Wildman–Crippen LogP) is 2.66. The van der Waals surface area contributed by atoms with Gasteiger partial charge in [0.2, 0.25) is 0 Å². The molecule has 78 valence electrons. The second kappa shape index (κ2) is 4.32. The third-order valence-corrected chi connectivity index (χ3v) is 3.04. The lowest BCUT2D eigenvalue weighted by Crippen LogP contribution is -2.44. The highest BCUT2D eigenvalue weighted by atomic mass is 79.9. The number of benzene rings is 1. The molecule has 0 aliphatic rings. The normalized spacial score (nSPS) is 11.5. The van der Waals surface area contributed by atoms with Crippen LogP contribution in [0.1, 0.15) is 13.8 Å². The fourth-order valence-electron chi connectivity index (χ4n) is 1.12. The van der Waals surface area contributed by atoms with Crippen molar-refractivity contribution < 1.29 is 5.11 Å². The Balaban J connectivity index is 2.89. The molecule has 1 aromatic carbocycles. The van der Waals surface area contributed by atoms with Crippen molar-refractivity contribution in [3.8, 4) is 0 Å². The van der Waals surface area contributed by atoms with Gasteiger partial charge in [0.25, 0.3) is 0 Å². The number of nitrogens with zero attached hydrogens (tertiary/aromatic N) is 1. The van der Waals surface area contributed by atoms with Crippen molar-refractivity contribution in [3.63, 3.8) is 0 Å². The number of aliphatic hydroxyl groups excluding tert-OH is 1. The molecule has 0 fully saturated rings. The second-order valence-electron chi connectivity index (χ2n) is 4.01. The minimum absolute atomic E-state index is 0.138. The Kier molecular flexibility index (Phi) is 3.56. The van der Waals surface area contributed by atoms with Crippen LogP contribution < -0.4 is 4.90 Å². The molecular weight excluding hydrogens is 242 g/mol. The van der Waals surface area contributed by atoms with Crippen LogP contribution in [0.5, 0.6) is 0 Å². The van der Waals surface area contributed by atoms with E-state index in [4.69, 9.17) is 0 Å². The molecule has 0 aromatic heterocycles. The monoisotopic (exact) mass is 257 g/mol. The molecule has 0 atom stereocenters. The largest absolute Gasteiger partial charge is 0.394 e. The zero-order chi connectivity index (χ0) is 10.8. The van der Waals surface area contributed by atoms with Crippen LogP contribution in [0.25, 0.3) is 0 Å². The lowest BCUT2D eigenvalue weighted by Gasteiger charge is -2.35. The Hall–Kier alpha value is -0.540. The van der Waals surface area contributed by atoms with Crippen LogP contribution in [0.15, 0.2) is 28.7 Å². The third kappa shape index (κ3) is 2.49. The van der Waals surface area contributed by atoms with Gasteiger partial charge in [0.1, 0.15) is 0 Å². The summed E-state index contributed by atoms with van der Waals surface area (Å²) in [6.45, 7) is 4.16. The summed E-state index contributed by atoms with van der Waals surface area (Å²) in [6, 6.07) is 8.06. The topological polar surface area (TPSA) is 23.5 Å². The second-order valence-corrected chi connectivity index (χ2v) is 4.92. The first kappa shape index (κ1) is 11.5. The van der Waals surface area contributed by atoms with Gasteiger partial charge < -0.3 is 10.0 Å². The first-order valence-corrected chi connectivity index (χ1v) is 5.37. The summed E-state index contributed by atoms with van der Waals surface area (Å²) >= 11 is 3.39. The van der Waals surface area contributed by atoms with Gasteiger partial charge in [-0.05, 0) is 38.1 Å². The van der Waals surface area contributed by atoms with Crippen molar-refractivity contribution in [2.24, 2.45) is 0 Å². The van der Waals surface area contributed by atoms with Crippen molar-refractivity contribution in [2.75, 3.05) is 18.6 Å². The van der Waals surface area contributed by atoms with Gasteiger partial charge in [-0.15, -0.1) is 0 Å². The van der Waals surface area contributed by atoms with Gasteiger partial charge in [-0.1, -0.05) is 15.9 Å². The number of likely N-dealkylation sites (N-methyl/N-ethyl adjacent to an activating group) is 1. The SMILES string of the molecule is CN(c1ccc(Br)cc1)C(C)(C)CO. The number of rotatable bonds is 3. The van der Waals surface area contributed by atoms with Crippen molar-refractivity contribution in [2.45, 2.75) is 19.4 Å². The van der Waals surface area contributed by atoms with Crippen molar-refractivity contribution in [1.82, 2.24) is 0 Å². The van der Waals surface area contributed by atoms with Crippen LogP contribution in [-0.4, -0.2) is 24.3 Å². The maximum atomic E-state index is 9.23. The zero-order valence-electron chi connectivity index (χ0n) is 8.79. The predicted molar refractivity (Wildman–Crippen MR) is 63.7 cm³/mol. The Morgan fingerprint density at radius 2 is 1.79 bits per heavy atom. The standard InChI is InChI=1S/C11H16BrNO/c1-11(2,8-14)13(3)10-6-4-9(12)5-7-10/h4-7,14H,8H2,1-3H3. The lowest BCUT2D eigenvalue weighted by atomic mass is 10.0. The number of hydrogen-bond acceptors (Lipinski definition) is 2. The van der Waals surface area contributed by atoms with Crippen LogP contribution in [0, 0.1) is 0 Å². The van der Waals surface area contributed by atoms with Gasteiger partial charge in [0.05, 0.1) is 12.1 Å². The molecule has 0 heterocycles. The van der Waals surface area contributed by atoms with Gasteiger partial charge in [-0.2, -0.15) is 0 Å². The summed E-state index contributed by atoms with van der Waals surface area (Å²) in [5.74, 6) is 0. The quantitative estimate of drug-likeness (QED) is 0.900. The molecule has 0 spiro atoms. The van der Waals surface area contributed by atoms with E-state index in [9.17, 15) is 5.11 Å². The summed E-state index contributed by atoms with van der Waals surface area (Å²) < 4.78 is 1.07. The van der Waals surface area contributed by atoms with Crippen molar-refractivity contribution in [1.29, 1.82) is 0 Å². The molecule has 14 heavy (non-hydrogen) atoms. The van der Waals surface area contributed by atoms with E-state index in [-0.39, 0.29) is 12.1 Å². The molecule has 0 radical (unpaired) electrons. The van der Waals surface area contributed by atoms with Crippen LogP contribution in [0.4, 0.5) is 5.69 Å². The van der Waals surface area contributed by atoms with E-state index in [1.165, 1.54) is 0 Å². The number of halogens is 1. The fourth-order valence-corrected chi connectivity index (χ4v) is 1.38. The maximum absolute atomic E-state index is 9.23.